The van der Waals surface area contributed by atoms with Crippen LogP contribution in [0.5, 0.6) is 0 Å². The molecule has 0 aliphatic heterocycles. The Morgan fingerprint density at radius 1 is 1.26 bits per heavy atom. The van der Waals surface area contributed by atoms with E-state index in [1.165, 1.54) is 0 Å². The van der Waals surface area contributed by atoms with Crippen molar-refractivity contribution < 1.29 is 0 Å². The van der Waals surface area contributed by atoms with E-state index in [-0.39, 0.29) is 11.5 Å². The predicted molar refractivity (Wildman–Crippen MR) is 86.9 cm³/mol. The molecule has 0 bridgehead atoms. The quantitative estimate of drug-likeness (QED) is 0.608. The third-order valence-corrected chi connectivity index (χ3v) is 4.13. The zero-order valence-corrected chi connectivity index (χ0v) is 12.5. The van der Waals surface area contributed by atoms with Crippen LogP contribution in [-0.4, -0.2) is 24.7 Å². The fraction of sp³-hybridized carbons (Fsp3) is 0. The summed E-state index contributed by atoms with van der Waals surface area (Å²) in [4.78, 5) is 13.0. The molecule has 0 saturated carbocycles. The van der Waals surface area contributed by atoms with Gasteiger partial charge in [0, 0.05) is 18.0 Å². The van der Waals surface area contributed by atoms with Crippen LogP contribution in [0.3, 0.4) is 0 Å². The van der Waals surface area contributed by atoms with Crippen molar-refractivity contribution in [3.8, 4) is 23.1 Å². The van der Waals surface area contributed by atoms with Crippen LogP contribution in [-0.2, 0) is 0 Å². The third kappa shape index (κ3) is 2.20. The van der Waals surface area contributed by atoms with Gasteiger partial charge in [0.25, 0.3) is 0 Å². The first-order valence-electron chi connectivity index (χ1n) is 6.67. The number of fused-ring (bicyclic) bond motifs is 1. The highest BCUT2D eigenvalue weighted by Gasteiger charge is 2.16. The molecule has 0 radical (unpaired) electrons. The normalized spacial score (nSPS) is 10.7. The molecule has 0 aliphatic carbocycles. The number of nitriles is 1. The van der Waals surface area contributed by atoms with Gasteiger partial charge in [-0.25, -0.2) is 19.6 Å². The molecule has 0 amide bonds. The van der Waals surface area contributed by atoms with Gasteiger partial charge in [-0.3, -0.25) is 0 Å². The summed E-state index contributed by atoms with van der Waals surface area (Å²) in [5.74, 6) is 0.566. The summed E-state index contributed by atoms with van der Waals surface area (Å²) in [5, 5.41) is 13.4. The van der Waals surface area contributed by atoms with Crippen molar-refractivity contribution in [3.05, 3.63) is 47.9 Å². The second kappa shape index (κ2) is 5.15. The Kier molecular flexibility index (Phi) is 2.99. The highest BCUT2D eigenvalue weighted by molar-refractivity contribution is 7.16. The van der Waals surface area contributed by atoms with Gasteiger partial charge in [0.1, 0.15) is 11.8 Å². The summed E-state index contributed by atoms with van der Waals surface area (Å²) in [7, 11) is 0. The summed E-state index contributed by atoms with van der Waals surface area (Å²) in [6.45, 7) is 0. The van der Waals surface area contributed by atoms with E-state index in [4.69, 9.17) is 5.73 Å². The number of benzene rings is 1. The molecule has 3 heterocycles. The van der Waals surface area contributed by atoms with Crippen LogP contribution in [0.15, 0.2) is 42.2 Å². The Balaban J connectivity index is 2.00. The van der Waals surface area contributed by atoms with Gasteiger partial charge in [0.2, 0.25) is 0 Å². The standard InChI is InChI=1S/C15H9N7S/c16-7-11-14(17)21-15(22-5-1-4-19-22)13(20-11)9-2-3-10-12(6-9)23-8-18-10/h1-6,8H,(H2,17,21). The Morgan fingerprint density at radius 3 is 2.96 bits per heavy atom. The van der Waals surface area contributed by atoms with Crippen LogP contribution in [0.25, 0.3) is 27.3 Å². The van der Waals surface area contributed by atoms with E-state index in [9.17, 15) is 5.26 Å². The summed E-state index contributed by atoms with van der Waals surface area (Å²) >= 11 is 1.54. The van der Waals surface area contributed by atoms with Gasteiger partial charge in [-0.05, 0) is 18.2 Å². The molecule has 3 aromatic heterocycles. The first-order chi connectivity index (χ1) is 11.3. The first kappa shape index (κ1) is 13.4. The van der Waals surface area contributed by atoms with Crippen molar-refractivity contribution in [2.75, 3.05) is 5.73 Å². The fourth-order valence-electron chi connectivity index (χ4n) is 2.27. The minimum Gasteiger partial charge on any atom is -0.381 e. The average molecular weight is 319 g/mol. The lowest BCUT2D eigenvalue weighted by atomic mass is 10.1. The number of hydrogen-bond donors (Lipinski definition) is 1. The van der Waals surface area contributed by atoms with Gasteiger partial charge in [-0.15, -0.1) is 11.3 Å². The smallest absolute Gasteiger partial charge is 0.183 e. The first-order valence-corrected chi connectivity index (χ1v) is 7.55. The Morgan fingerprint density at radius 2 is 2.17 bits per heavy atom. The van der Waals surface area contributed by atoms with E-state index in [1.807, 2.05) is 24.3 Å². The molecule has 4 rings (SSSR count). The predicted octanol–water partition coefficient (Wildman–Crippen LogP) is 2.39. The lowest BCUT2D eigenvalue weighted by molar-refractivity contribution is 0.842. The molecule has 23 heavy (non-hydrogen) atoms. The molecule has 8 heteroatoms. The van der Waals surface area contributed by atoms with Crippen molar-refractivity contribution in [3.63, 3.8) is 0 Å². The molecule has 0 spiro atoms. The van der Waals surface area contributed by atoms with Gasteiger partial charge in [-0.2, -0.15) is 10.4 Å². The van der Waals surface area contributed by atoms with E-state index >= 15 is 0 Å². The number of nitrogen functional groups attached to an aromatic ring is 1. The highest BCUT2D eigenvalue weighted by Crippen LogP contribution is 2.29. The van der Waals surface area contributed by atoms with E-state index in [0.29, 0.717) is 11.5 Å². The summed E-state index contributed by atoms with van der Waals surface area (Å²) < 4.78 is 2.61. The minimum absolute atomic E-state index is 0.0839. The van der Waals surface area contributed by atoms with Crippen LogP contribution in [0.1, 0.15) is 5.69 Å². The Labute approximate surface area is 134 Å². The van der Waals surface area contributed by atoms with E-state index < -0.39 is 0 Å². The number of hydrogen-bond acceptors (Lipinski definition) is 7. The molecule has 2 N–H and O–H groups in total. The number of aromatic nitrogens is 5. The molecule has 0 unspecified atom stereocenters. The van der Waals surface area contributed by atoms with Crippen LogP contribution in [0.2, 0.25) is 0 Å². The lowest BCUT2D eigenvalue weighted by Crippen LogP contribution is -2.08. The fourth-order valence-corrected chi connectivity index (χ4v) is 2.99. The molecule has 110 valence electrons. The molecule has 0 atom stereocenters. The lowest BCUT2D eigenvalue weighted by Gasteiger charge is -2.10. The molecule has 1 aromatic carbocycles. The number of rotatable bonds is 2. The molecule has 4 aromatic rings. The van der Waals surface area contributed by atoms with Crippen LogP contribution in [0, 0.1) is 11.3 Å². The Bertz CT molecular complexity index is 1040. The van der Waals surface area contributed by atoms with E-state index in [1.54, 1.807) is 40.0 Å². The zero-order chi connectivity index (χ0) is 15.8. The monoisotopic (exact) mass is 319 g/mol. The Hall–Kier alpha value is -3.31. The molecular formula is C15H9N7S. The van der Waals surface area contributed by atoms with Crippen LogP contribution >= 0.6 is 11.3 Å². The summed E-state index contributed by atoms with van der Waals surface area (Å²) in [5.41, 5.74) is 10.0. The number of nitrogens with two attached hydrogens (primary N) is 1. The van der Waals surface area contributed by atoms with Gasteiger partial charge in [0.05, 0.1) is 15.7 Å². The van der Waals surface area contributed by atoms with Crippen molar-refractivity contribution in [2.24, 2.45) is 0 Å². The van der Waals surface area contributed by atoms with Crippen molar-refractivity contribution in [1.29, 1.82) is 5.26 Å². The van der Waals surface area contributed by atoms with Crippen molar-refractivity contribution >= 4 is 27.4 Å². The highest BCUT2D eigenvalue weighted by atomic mass is 32.1. The molecule has 0 aliphatic rings. The maximum Gasteiger partial charge on any atom is 0.183 e. The number of nitrogens with zero attached hydrogens (tertiary/aromatic N) is 6. The van der Waals surface area contributed by atoms with Crippen LogP contribution in [0.4, 0.5) is 5.82 Å². The third-order valence-electron chi connectivity index (χ3n) is 3.34. The second-order valence-electron chi connectivity index (χ2n) is 4.73. The van der Waals surface area contributed by atoms with E-state index in [0.717, 1.165) is 15.8 Å². The molecule has 7 nitrogen and oxygen atoms in total. The largest absolute Gasteiger partial charge is 0.381 e. The van der Waals surface area contributed by atoms with Crippen molar-refractivity contribution in [2.45, 2.75) is 0 Å². The summed E-state index contributed by atoms with van der Waals surface area (Å²) in [6.07, 6.45) is 3.40. The molecule has 0 saturated heterocycles. The zero-order valence-electron chi connectivity index (χ0n) is 11.7. The maximum atomic E-state index is 9.19. The minimum atomic E-state index is 0.0839. The van der Waals surface area contributed by atoms with Gasteiger partial charge in [0.15, 0.2) is 17.3 Å². The van der Waals surface area contributed by atoms with Crippen LogP contribution < -0.4 is 5.73 Å². The summed E-state index contributed by atoms with van der Waals surface area (Å²) in [6, 6.07) is 9.54. The topological polar surface area (TPSA) is 106 Å². The maximum absolute atomic E-state index is 9.19. The second-order valence-corrected chi connectivity index (χ2v) is 5.61. The van der Waals surface area contributed by atoms with E-state index in [2.05, 4.69) is 20.1 Å². The molecule has 0 fully saturated rings. The average Bonchev–Trinajstić information content (AvgIpc) is 3.25. The molecular weight excluding hydrogens is 310 g/mol. The number of thiazole rings is 1. The van der Waals surface area contributed by atoms with Crippen molar-refractivity contribution in [1.82, 2.24) is 24.7 Å². The SMILES string of the molecule is N#Cc1nc(-c2ccc3ncsc3c2)c(-n2cccn2)nc1N. The number of anilines is 1. The van der Waals surface area contributed by atoms with Gasteiger partial charge >= 0.3 is 0 Å². The van der Waals surface area contributed by atoms with Gasteiger partial charge < -0.3 is 5.73 Å². The van der Waals surface area contributed by atoms with Gasteiger partial charge in [-0.1, -0.05) is 6.07 Å².